The van der Waals surface area contributed by atoms with Gasteiger partial charge >= 0.3 is 0 Å². The number of hydrogen-bond acceptors (Lipinski definition) is 7. The third-order valence-electron chi connectivity index (χ3n) is 6.26. The van der Waals surface area contributed by atoms with Crippen LogP contribution in [0.4, 0.5) is 10.2 Å². The highest BCUT2D eigenvalue weighted by Gasteiger charge is 2.39. The number of rotatable bonds is 7. The van der Waals surface area contributed by atoms with Crippen LogP contribution in [0, 0.1) is 11.7 Å². The van der Waals surface area contributed by atoms with Gasteiger partial charge in [0.2, 0.25) is 0 Å². The Bertz CT molecular complexity index is 1500. The minimum atomic E-state index is -4.46. The first-order chi connectivity index (χ1) is 17.4. The van der Waals surface area contributed by atoms with Crippen LogP contribution in [-0.4, -0.2) is 43.0 Å². The standard InChI is InChI=1S/C26H29FN4O5S/c1-5-36-21-11-8-17(27)13-19(21)20-10-9-18(23(29-20)31-15-16(2)14-26(31,3)4)24(32)30-37(34,35)22-7-6-12-28-25(22)33/h6-13,16H,5,14-15H2,1-4H3,(H,28,33)(H,30,32)/t16-/m0/s1. The van der Waals surface area contributed by atoms with Crippen LogP contribution >= 0.6 is 0 Å². The van der Waals surface area contributed by atoms with Gasteiger partial charge in [0.15, 0.2) is 4.90 Å². The summed E-state index contributed by atoms with van der Waals surface area (Å²) in [4.78, 5) is 33.8. The molecule has 2 aromatic heterocycles. The van der Waals surface area contributed by atoms with Gasteiger partial charge in [-0.2, -0.15) is 0 Å². The van der Waals surface area contributed by atoms with Crippen LogP contribution < -0.4 is 19.9 Å². The van der Waals surface area contributed by atoms with E-state index in [4.69, 9.17) is 9.72 Å². The van der Waals surface area contributed by atoms with E-state index in [2.05, 4.69) is 11.9 Å². The Kier molecular flexibility index (Phi) is 7.09. The van der Waals surface area contributed by atoms with E-state index in [-0.39, 0.29) is 22.8 Å². The van der Waals surface area contributed by atoms with Crippen LogP contribution in [0.2, 0.25) is 0 Å². The molecule has 1 aliphatic heterocycles. The van der Waals surface area contributed by atoms with Gasteiger partial charge in [0.25, 0.3) is 21.5 Å². The summed E-state index contributed by atoms with van der Waals surface area (Å²) in [6.07, 6.45) is 2.12. The number of carbonyl (C=O) groups is 1. The van der Waals surface area contributed by atoms with Crippen molar-refractivity contribution in [3.8, 4) is 17.0 Å². The molecule has 9 nitrogen and oxygen atoms in total. The summed E-state index contributed by atoms with van der Waals surface area (Å²) in [6, 6.07) is 9.55. The highest BCUT2D eigenvalue weighted by molar-refractivity contribution is 7.90. The topological polar surface area (TPSA) is 121 Å². The van der Waals surface area contributed by atoms with E-state index in [1.165, 1.54) is 42.6 Å². The zero-order valence-electron chi connectivity index (χ0n) is 21.0. The number of aromatic nitrogens is 2. The van der Waals surface area contributed by atoms with Gasteiger partial charge in [-0.15, -0.1) is 0 Å². The number of sulfonamides is 1. The van der Waals surface area contributed by atoms with Crippen LogP contribution in [0.15, 0.2) is 58.4 Å². The van der Waals surface area contributed by atoms with E-state index in [1.54, 1.807) is 0 Å². The molecule has 0 bridgehead atoms. The fourth-order valence-corrected chi connectivity index (χ4v) is 5.80. The number of carbonyl (C=O) groups excluding carboxylic acids is 1. The molecule has 3 heterocycles. The van der Waals surface area contributed by atoms with Gasteiger partial charge in [-0.25, -0.2) is 22.5 Å². The molecule has 196 valence electrons. The molecule has 1 fully saturated rings. The molecule has 0 saturated carbocycles. The summed E-state index contributed by atoms with van der Waals surface area (Å²) in [6.45, 7) is 8.86. The molecule has 0 unspecified atom stereocenters. The van der Waals surface area contributed by atoms with E-state index in [1.807, 2.05) is 30.4 Å². The molecule has 1 saturated heterocycles. The van der Waals surface area contributed by atoms with Gasteiger partial charge in [-0.05, 0) is 75.6 Å². The summed E-state index contributed by atoms with van der Waals surface area (Å²) in [5.41, 5.74) is -0.451. The van der Waals surface area contributed by atoms with E-state index in [0.29, 0.717) is 30.2 Å². The Morgan fingerprint density at radius 1 is 1.27 bits per heavy atom. The van der Waals surface area contributed by atoms with Gasteiger partial charge in [0.1, 0.15) is 17.4 Å². The molecule has 1 aromatic carbocycles. The highest BCUT2D eigenvalue weighted by Crippen LogP contribution is 2.39. The second kappa shape index (κ2) is 9.97. The Hall–Kier alpha value is -3.73. The molecule has 0 radical (unpaired) electrons. The summed E-state index contributed by atoms with van der Waals surface area (Å²) in [5.74, 6) is -0.432. The number of aromatic amines is 1. The SMILES string of the molecule is CCOc1ccc(F)cc1-c1ccc(C(=O)NS(=O)(=O)c2ccc[nH]c2=O)c(N2C[C@@H](C)CC2(C)C)n1. The fraction of sp³-hybridized carbons (Fsp3) is 0.346. The quantitative estimate of drug-likeness (QED) is 0.479. The lowest BCUT2D eigenvalue weighted by Gasteiger charge is -2.34. The van der Waals surface area contributed by atoms with Crippen molar-refractivity contribution in [1.82, 2.24) is 14.7 Å². The van der Waals surface area contributed by atoms with Crippen LogP contribution in [-0.2, 0) is 10.0 Å². The number of ether oxygens (including phenoxy) is 1. The van der Waals surface area contributed by atoms with Crippen molar-refractivity contribution in [2.45, 2.75) is 44.6 Å². The molecule has 3 aromatic rings. The number of benzene rings is 1. The molecule has 37 heavy (non-hydrogen) atoms. The minimum Gasteiger partial charge on any atom is -0.493 e. The predicted octanol–water partition coefficient (Wildman–Crippen LogP) is 3.72. The molecular weight excluding hydrogens is 499 g/mol. The number of nitrogens with one attached hydrogen (secondary N) is 2. The number of nitrogens with zero attached hydrogens (tertiary/aromatic N) is 2. The number of H-pyrrole nitrogens is 1. The lowest BCUT2D eigenvalue weighted by Crippen LogP contribution is -2.41. The average Bonchev–Trinajstić information content (AvgIpc) is 3.11. The Morgan fingerprint density at radius 2 is 2.03 bits per heavy atom. The maximum absolute atomic E-state index is 14.2. The summed E-state index contributed by atoms with van der Waals surface area (Å²) in [5, 5.41) is 0. The third kappa shape index (κ3) is 5.36. The largest absolute Gasteiger partial charge is 0.493 e. The summed E-state index contributed by atoms with van der Waals surface area (Å²) in [7, 11) is -4.46. The lowest BCUT2D eigenvalue weighted by molar-refractivity contribution is 0.0981. The monoisotopic (exact) mass is 528 g/mol. The molecule has 1 atom stereocenters. The van der Waals surface area contributed by atoms with Crippen molar-refractivity contribution in [3.05, 3.63) is 70.4 Å². The number of amides is 1. The van der Waals surface area contributed by atoms with Crippen molar-refractivity contribution in [2.24, 2.45) is 5.92 Å². The van der Waals surface area contributed by atoms with Gasteiger partial charge < -0.3 is 14.6 Å². The van der Waals surface area contributed by atoms with E-state index in [9.17, 15) is 22.4 Å². The number of halogens is 1. The molecule has 1 amide bonds. The number of pyridine rings is 2. The van der Waals surface area contributed by atoms with Crippen molar-refractivity contribution in [1.29, 1.82) is 0 Å². The second-order valence-corrected chi connectivity index (χ2v) is 11.3. The van der Waals surface area contributed by atoms with Gasteiger partial charge in [-0.3, -0.25) is 9.59 Å². The van der Waals surface area contributed by atoms with E-state index < -0.39 is 32.2 Å². The molecular formula is C26H29FN4O5S. The van der Waals surface area contributed by atoms with E-state index in [0.717, 1.165) is 12.5 Å². The van der Waals surface area contributed by atoms with Crippen LogP contribution in [0.3, 0.4) is 0 Å². The van der Waals surface area contributed by atoms with Crippen molar-refractivity contribution < 1.29 is 22.3 Å². The first kappa shape index (κ1) is 26.3. The van der Waals surface area contributed by atoms with Crippen molar-refractivity contribution in [2.75, 3.05) is 18.1 Å². The number of hydrogen-bond donors (Lipinski definition) is 2. The summed E-state index contributed by atoms with van der Waals surface area (Å²) >= 11 is 0. The molecule has 11 heteroatoms. The van der Waals surface area contributed by atoms with Crippen LogP contribution in [0.25, 0.3) is 11.3 Å². The Balaban J connectivity index is 1.83. The van der Waals surface area contributed by atoms with Gasteiger partial charge in [0, 0.05) is 23.8 Å². The highest BCUT2D eigenvalue weighted by atomic mass is 32.2. The predicted molar refractivity (Wildman–Crippen MR) is 138 cm³/mol. The Morgan fingerprint density at radius 3 is 2.68 bits per heavy atom. The number of anilines is 1. The second-order valence-electron chi connectivity index (χ2n) is 9.67. The van der Waals surface area contributed by atoms with Gasteiger partial charge in [0.05, 0.1) is 17.9 Å². The molecule has 4 rings (SSSR count). The Labute approximate surface area is 214 Å². The summed E-state index contributed by atoms with van der Waals surface area (Å²) < 4.78 is 47.5. The van der Waals surface area contributed by atoms with Crippen LogP contribution in [0.1, 0.15) is 44.5 Å². The minimum absolute atomic E-state index is 0.0104. The zero-order chi connectivity index (χ0) is 27.0. The zero-order valence-corrected chi connectivity index (χ0v) is 21.9. The molecule has 0 aliphatic carbocycles. The van der Waals surface area contributed by atoms with Crippen molar-refractivity contribution >= 4 is 21.7 Å². The van der Waals surface area contributed by atoms with Crippen LogP contribution in [0.5, 0.6) is 5.75 Å². The molecule has 2 N–H and O–H groups in total. The normalized spacial score (nSPS) is 17.0. The van der Waals surface area contributed by atoms with Gasteiger partial charge in [-0.1, -0.05) is 6.92 Å². The lowest BCUT2D eigenvalue weighted by atomic mass is 9.97. The first-order valence-electron chi connectivity index (χ1n) is 11.9. The smallest absolute Gasteiger partial charge is 0.269 e. The third-order valence-corrected chi connectivity index (χ3v) is 7.62. The first-order valence-corrected chi connectivity index (χ1v) is 13.4. The average molecular weight is 529 g/mol. The van der Waals surface area contributed by atoms with E-state index >= 15 is 0 Å². The molecule has 1 aliphatic rings. The maximum atomic E-state index is 14.2. The fourth-order valence-electron chi connectivity index (χ4n) is 4.77. The molecule has 0 spiro atoms. The maximum Gasteiger partial charge on any atom is 0.269 e. The van der Waals surface area contributed by atoms with Crippen molar-refractivity contribution in [3.63, 3.8) is 0 Å².